The van der Waals surface area contributed by atoms with Crippen molar-refractivity contribution in [1.82, 2.24) is 19.0 Å². The van der Waals surface area contributed by atoms with E-state index in [9.17, 15) is 13.2 Å². The lowest BCUT2D eigenvalue weighted by Crippen LogP contribution is -2.39. The minimum Gasteiger partial charge on any atom is -0.325 e. The van der Waals surface area contributed by atoms with Crippen LogP contribution in [0.15, 0.2) is 59.5 Å². The van der Waals surface area contributed by atoms with Crippen LogP contribution < -0.4 is 5.32 Å². The Labute approximate surface area is 207 Å². The molecule has 0 spiro atoms. The number of nitrogens with one attached hydrogen (secondary N) is 1. The third kappa shape index (κ3) is 5.32. The maximum absolute atomic E-state index is 12.9. The van der Waals surface area contributed by atoms with E-state index in [1.165, 1.54) is 4.31 Å². The zero-order valence-corrected chi connectivity index (χ0v) is 21.5. The van der Waals surface area contributed by atoms with Gasteiger partial charge in [0.15, 0.2) is 0 Å². The Morgan fingerprint density at radius 2 is 1.69 bits per heavy atom. The van der Waals surface area contributed by atoms with E-state index in [2.05, 4.69) is 5.32 Å². The predicted molar refractivity (Wildman–Crippen MR) is 137 cm³/mol. The molecule has 1 atom stereocenters. The number of carbonyl (C=O) groups is 1. The molecule has 2 heterocycles. The summed E-state index contributed by atoms with van der Waals surface area (Å²) in [5.41, 5.74) is 4.64. The van der Waals surface area contributed by atoms with Crippen LogP contribution in [0.3, 0.4) is 0 Å². The maximum atomic E-state index is 12.9. The number of carbonyl (C=O) groups excluding carboxylic acids is 1. The average Bonchev–Trinajstić information content (AvgIpc) is 3.50. The van der Waals surface area contributed by atoms with Gasteiger partial charge >= 0.3 is 0 Å². The van der Waals surface area contributed by atoms with Crippen molar-refractivity contribution in [3.8, 4) is 5.69 Å². The van der Waals surface area contributed by atoms with E-state index in [0.717, 1.165) is 35.5 Å². The summed E-state index contributed by atoms with van der Waals surface area (Å²) in [5, 5.41) is 7.61. The summed E-state index contributed by atoms with van der Waals surface area (Å²) in [5.74, 6) is -0.159. The Hall–Kier alpha value is -3.01. The van der Waals surface area contributed by atoms with Crippen LogP contribution in [0, 0.1) is 13.8 Å². The van der Waals surface area contributed by atoms with Crippen LogP contribution in [0.2, 0.25) is 0 Å². The molecular formula is C26H33N5O3S. The molecule has 0 aliphatic carbocycles. The van der Waals surface area contributed by atoms with E-state index in [4.69, 9.17) is 5.10 Å². The Balaban J connectivity index is 1.41. The lowest BCUT2D eigenvalue weighted by Gasteiger charge is -2.24. The van der Waals surface area contributed by atoms with Crippen LogP contribution in [-0.2, 0) is 21.4 Å². The fraction of sp³-hybridized carbons (Fsp3) is 0.385. The van der Waals surface area contributed by atoms with Crippen molar-refractivity contribution in [2.75, 3.05) is 25.5 Å². The molecule has 35 heavy (non-hydrogen) atoms. The van der Waals surface area contributed by atoms with Crippen molar-refractivity contribution in [3.05, 3.63) is 71.5 Å². The number of para-hydroxylation sites is 1. The van der Waals surface area contributed by atoms with Crippen LogP contribution in [0.5, 0.6) is 0 Å². The van der Waals surface area contributed by atoms with Gasteiger partial charge in [-0.2, -0.15) is 9.40 Å². The lowest BCUT2D eigenvalue weighted by molar-refractivity contribution is -0.120. The van der Waals surface area contributed by atoms with Gasteiger partial charge in [-0.1, -0.05) is 18.2 Å². The molecule has 4 rings (SSSR count). The van der Waals surface area contributed by atoms with Crippen molar-refractivity contribution in [2.24, 2.45) is 0 Å². The molecule has 186 valence electrons. The van der Waals surface area contributed by atoms with Crippen molar-refractivity contribution in [1.29, 1.82) is 0 Å². The number of likely N-dealkylation sites (N-methyl/N-ethyl adjacent to an activating group) is 1. The molecule has 1 saturated heterocycles. The summed E-state index contributed by atoms with van der Waals surface area (Å²) in [6.07, 6.45) is 1.79. The fourth-order valence-electron chi connectivity index (χ4n) is 4.35. The number of benzene rings is 2. The number of hydrogen-bond donors (Lipinski definition) is 1. The standard InChI is InChI=1S/C26H33N5O3S/c1-19-25(20(2)31(28-19)23-10-6-5-7-11-23)18-29(4)21(3)26(32)27-22-12-14-24(15-13-22)35(33,34)30-16-8-9-17-30/h5-7,10-15,21H,8-9,16-18H2,1-4H3,(H,27,32)/t21-/m0/s1. The van der Waals surface area contributed by atoms with E-state index < -0.39 is 16.1 Å². The summed E-state index contributed by atoms with van der Waals surface area (Å²) in [6, 6.07) is 16.0. The first-order chi connectivity index (χ1) is 16.7. The molecule has 0 radical (unpaired) electrons. The van der Waals surface area contributed by atoms with Crippen LogP contribution in [0.4, 0.5) is 5.69 Å². The van der Waals surface area contributed by atoms with Gasteiger partial charge in [-0.15, -0.1) is 0 Å². The Kier molecular flexibility index (Phi) is 7.39. The van der Waals surface area contributed by atoms with Crippen molar-refractivity contribution < 1.29 is 13.2 Å². The number of anilines is 1. The second kappa shape index (κ2) is 10.3. The van der Waals surface area contributed by atoms with E-state index in [-0.39, 0.29) is 10.8 Å². The summed E-state index contributed by atoms with van der Waals surface area (Å²) in [6.45, 7) is 7.58. The molecule has 1 aromatic heterocycles. The SMILES string of the molecule is Cc1nn(-c2ccccc2)c(C)c1CN(C)[C@@H](C)C(=O)Nc1ccc(S(=O)(=O)N2CCCC2)cc1. The van der Waals surface area contributed by atoms with Crippen LogP contribution >= 0.6 is 0 Å². The highest BCUT2D eigenvalue weighted by Gasteiger charge is 2.27. The second-order valence-electron chi connectivity index (χ2n) is 9.11. The fourth-order valence-corrected chi connectivity index (χ4v) is 5.86. The van der Waals surface area contributed by atoms with Gasteiger partial charge in [-0.3, -0.25) is 9.69 Å². The largest absolute Gasteiger partial charge is 0.325 e. The number of nitrogens with zero attached hydrogens (tertiary/aromatic N) is 4. The van der Waals surface area contributed by atoms with Gasteiger partial charge in [0.25, 0.3) is 0 Å². The predicted octanol–water partition coefficient (Wildman–Crippen LogP) is 3.73. The first-order valence-corrected chi connectivity index (χ1v) is 13.3. The molecule has 1 amide bonds. The maximum Gasteiger partial charge on any atom is 0.243 e. The van der Waals surface area contributed by atoms with E-state index in [1.54, 1.807) is 24.3 Å². The third-order valence-corrected chi connectivity index (χ3v) is 8.63. The summed E-state index contributed by atoms with van der Waals surface area (Å²) >= 11 is 0. The van der Waals surface area contributed by atoms with Gasteiger partial charge in [-0.05, 0) is 77.1 Å². The molecule has 0 saturated carbocycles. The van der Waals surface area contributed by atoms with Crippen LogP contribution in [-0.4, -0.2) is 59.5 Å². The normalized spacial score (nSPS) is 15.5. The molecular weight excluding hydrogens is 462 g/mol. The van der Waals surface area contributed by atoms with Gasteiger partial charge in [-0.25, -0.2) is 13.1 Å². The van der Waals surface area contributed by atoms with Crippen molar-refractivity contribution in [2.45, 2.75) is 51.1 Å². The number of aromatic nitrogens is 2. The van der Waals surface area contributed by atoms with E-state index in [0.29, 0.717) is 25.3 Å². The minimum absolute atomic E-state index is 0.159. The molecule has 1 aliphatic rings. The monoisotopic (exact) mass is 495 g/mol. The van der Waals surface area contributed by atoms with Gasteiger partial charge in [0.05, 0.1) is 22.3 Å². The number of hydrogen-bond acceptors (Lipinski definition) is 5. The quantitative estimate of drug-likeness (QED) is 0.515. The average molecular weight is 496 g/mol. The first-order valence-electron chi connectivity index (χ1n) is 11.9. The summed E-state index contributed by atoms with van der Waals surface area (Å²) < 4.78 is 28.9. The van der Waals surface area contributed by atoms with Crippen LogP contribution in [0.25, 0.3) is 5.69 Å². The molecule has 3 aromatic rings. The zero-order chi connectivity index (χ0) is 25.2. The third-order valence-electron chi connectivity index (χ3n) is 6.71. The minimum atomic E-state index is -3.47. The summed E-state index contributed by atoms with van der Waals surface area (Å²) in [7, 11) is -1.56. The van der Waals surface area contributed by atoms with Gasteiger partial charge < -0.3 is 5.32 Å². The van der Waals surface area contributed by atoms with E-state index >= 15 is 0 Å². The highest BCUT2D eigenvalue weighted by Crippen LogP contribution is 2.23. The number of amides is 1. The molecule has 1 fully saturated rings. The zero-order valence-electron chi connectivity index (χ0n) is 20.7. The van der Waals surface area contributed by atoms with Gasteiger partial charge in [0.2, 0.25) is 15.9 Å². The molecule has 1 aliphatic heterocycles. The van der Waals surface area contributed by atoms with E-state index in [1.807, 2.05) is 67.7 Å². The number of aryl methyl sites for hydroxylation is 1. The van der Waals surface area contributed by atoms with Crippen molar-refractivity contribution >= 4 is 21.6 Å². The first kappa shape index (κ1) is 25.1. The smallest absolute Gasteiger partial charge is 0.243 e. The molecule has 2 aromatic carbocycles. The van der Waals surface area contributed by atoms with Crippen molar-refractivity contribution in [3.63, 3.8) is 0 Å². The second-order valence-corrected chi connectivity index (χ2v) is 11.1. The summed E-state index contributed by atoms with van der Waals surface area (Å²) in [4.78, 5) is 15.2. The number of rotatable bonds is 8. The Morgan fingerprint density at radius 3 is 2.31 bits per heavy atom. The van der Waals surface area contributed by atoms with Gasteiger partial charge in [0, 0.05) is 36.6 Å². The molecule has 1 N–H and O–H groups in total. The highest BCUT2D eigenvalue weighted by atomic mass is 32.2. The topological polar surface area (TPSA) is 87.5 Å². The Morgan fingerprint density at radius 1 is 1.06 bits per heavy atom. The Bertz CT molecular complexity index is 1280. The number of sulfonamides is 1. The molecule has 8 nitrogen and oxygen atoms in total. The highest BCUT2D eigenvalue weighted by molar-refractivity contribution is 7.89. The lowest BCUT2D eigenvalue weighted by atomic mass is 10.1. The molecule has 0 unspecified atom stereocenters. The molecule has 9 heteroatoms. The molecule has 0 bridgehead atoms. The van der Waals surface area contributed by atoms with Crippen LogP contribution in [0.1, 0.15) is 36.7 Å². The van der Waals surface area contributed by atoms with Gasteiger partial charge in [0.1, 0.15) is 0 Å².